The highest BCUT2D eigenvalue weighted by atomic mass is 16.3. The van der Waals surface area contributed by atoms with Gasteiger partial charge in [0, 0.05) is 31.2 Å². The number of nitrogens with zero attached hydrogens (tertiary/aromatic N) is 1. The summed E-state index contributed by atoms with van der Waals surface area (Å²) in [4.78, 5) is 14.1. The van der Waals surface area contributed by atoms with Crippen molar-refractivity contribution in [2.75, 3.05) is 13.1 Å². The number of likely N-dealkylation sites (tertiary alicyclic amines) is 1. The number of hydrogen-bond donors (Lipinski definition) is 3. The highest BCUT2D eigenvalue weighted by Crippen LogP contribution is 2.20. The number of carbonyl (C=O) groups is 1. The molecule has 2 amide bonds. The molecule has 0 aromatic heterocycles. The number of aliphatic hydroxyl groups excluding tert-OH is 1. The zero-order valence-corrected chi connectivity index (χ0v) is 13.7. The second kappa shape index (κ2) is 7.11. The Morgan fingerprint density at radius 1 is 1.32 bits per heavy atom. The van der Waals surface area contributed by atoms with Gasteiger partial charge < -0.3 is 15.7 Å². The second-order valence-electron chi connectivity index (χ2n) is 7.04. The standard InChI is InChI=1S/C17H27N3O2/c1-17(2,3)19-16(22)18-10-14-9-15(21)12-20(14)11-13-7-5-4-6-8-13/h4-8,14-15,21H,9-12H2,1-3H3,(H2,18,19,22). The van der Waals surface area contributed by atoms with Gasteiger partial charge in [-0.15, -0.1) is 0 Å². The minimum Gasteiger partial charge on any atom is -0.392 e. The van der Waals surface area contributed by atoms with E-state index >= 15 is 0 Å². The van der Waals surface area contributed by atoms with Crippen molar-refractivity contribution in [3.05, 3.63) is 35.9 Å². The van der Waals surface area contributed by atoms with Crippen LogP contribution in [0.5, 0.6) is 0 Å². The van der Waals surface area contributed by atoms with Crippen molar-refractivity contribution in [2.24, 2.45) is 0 Å². The molecule has 3 N–H and O–H groups in total. The van der Waals surface area contributed by atoms with Crippen LogP contribution in [0.4, 0.5) is 4.79 Å². The molecule has 0 saturated carbocycles. The summed E-state index contributed by atoms with van der Waals surface area (Å²) in [5.41, 5.74) is 0.976. The van der Waals surface area contributed by atoms with E-state index in [1.54, 1.807) is 0 Å². The maximum Gasteiger partial charge on any atom is 0.315 e. The lowest BCUT2D eigenvalue weighted by atomic mass is 10.1. The number of β-amino-alcohol motifs (C(OH)–C–C–N with tert-alkyl or cyclic N) is 1. The zero-order chi connectivity index (χ0) is 16.2. The first-order valence-corrected chi connectivity index (χ1v) is 7.85. The van der Waals surface area contributed by atoms with E-state index in [4.69, 9.17) is 0 Å². The van der Waals surface area contributed by atoms with Crippen LogP contribution >= 0.6 is 0 Å². The Balaban J connectivity index is 1.87. The van der Waals surface area contributed by atoms with E-state index in [0.29, 0.717) is 19.5 Å². The van der Waals surface area contributed by atoms with Crippen LogP contribution in [0.2, 0.25) is 0 Å². The predicted molar refractivity (Wildman–Crippen MR) is 87.6 cm³/mol. The monoisotopic (exact) mass is 305 g/mol. The summed E-state index contributed by atoms with van der Waals surface area (Å²) >= 11 is 0. The summed E-state index contributed by atoms with van der Waals surface area (Å²) in [7, 11) is 0. The molecule has 1 aromatic rings. The molecule has 0 aliphatic carbocycles. The number of hydrogen-bond acceptors (Lipinski definition) is 3. The summed E-state index contributed by atoms with van der Waals surface area (Å²) in [6.07, 6.45) is 0.379. The van der Waals surface area contributed by atoms with Gasteiger partial charge in [0.05, 0.1) is 6.10 Å². The average Bonchev–Trinajstić information content (AvgIpc) is 2.76. The fourth-order valence-corrected chi connectivity index (χ4v) is 2.78. The van der Waals surface area contributed by atoms with Crippen molar-refractivity contribution < 1.29 is 9.90 Å². The minimum absolute atomic E-state index is 0.159. The van der Waals surface area contributed by atoms with Crippen LogP contribution in [0.1, 0.15) is 32.8 Å². The molecule has 0 radical (unpaired) electrons. The number of urea groups is 1. The maximum atomic E-state index is 11.9. The van der Waals surface area contributed by atoms with E-state index < -0.39 is 0 Å². The first kappa shape index (κ1) is 16.8. The van der Waals surface area contributed by atoms with Crippen LogP contribution in [0, 0.1) is 0 Å². The second-order valence-corrected chi connectivity index (χ2v) is 7.04. The fraction of sp³-hybridized carbons (Fsp3) is 0.588. The van der Waals surface area contributed by atoms with Gasteiger partial charge >= 0.3 is 6.03 Å². The highest BCUT2D eigenvalue weighted by Gasteiger charge is 2.31. The summed E-state index contributed by atoms with van der Waals surface area (Å²) in [5, 5.41) is 15.7. The minimum atomic E-state index is -0.318. The first-order chi connectivity index (χ1) is 10.3. The summed E-state index contributed by atoms with van der Waals surface area (Å²) in [5.74, 6) is 0. The molecular weight excluding hydrogens is 278 g/mol. The normalized spacial score (nSPS) is 22.5. The molecule has 2 unspecified atom stereocenters. The van der Waals surface area contributed by atoms with Crippen molar-refractivity contribution in [3.8, 4) is 0 Å². The molecule has 5 heteroatoms. The highest BCUT2D eigenvalue weighted by molar-refractivity contribution is 5.74. The van der Waals surface area contributed by atoms with Gasteiger partial charge in [0.2, 0.25) is 0 Å². The topological polar surface area (TPSA) is 64.6 Å². The molecule has 122 valence electrons. The van der Waals surface area contributed by atoms with Crippen molar-refractivity contribution in [3.63, 3.8) is 0 Å². The zero-order valence-electron chi connectivity index (χ0n) is 13.7. The quantitative estimate of drug-likeness (QED) is 0.793. The summed E-state index contributed by atoms with van der Waals surface area (Å²) < 4.78 is 0. The van der Waals surface area contributed by atoms with E-state index in [1.165, 1.54) is 5.56 Å². The van der Waals surface area contributed by atoms with E-state index in [1.807, 2.05) is 39.0 Å². The number of nitrogens with one attached hydrogen (secondary N) is 2. The van der Waals surface area contributed by atoms with Crippen molar-refractivity contribution in [2.45, 2.75) is 51.4 Å². The molecular formula is C17H27N3O2. The number of benzene rings is 1. The molecule has 1 fully saturated rings. The molecule has 0 bridgehead atoms. The van der Waals surface area contributed by atoms with Crippen molar-refractivity contribution in [1.82, 2.24) is 15.5 Å². The smallest absolute Gasteiger partial charge is 0.315 e. The molecule has 1 saturated heterocycles. The van der Waals surface area contributed by atoms with Crippen LogP contribution in [0.25, 0.3) is 0 Å². The molecule has 2 rings (SSSR count). The van der Waals surface area contributed by atoms with Gasteiger partial charge in [-0.05, 0) is 32.8 Å². The molecule has 1 aromatic carbocycles. The van der Waals surface area contributed by atoms with Crippen LogP contribution < -0.4 is 10.6 Å². The van der Waals surface area contributed by atoms with Gasteiger partial charge in [0.25, 0.3) is 0 Å². The third-order valence-electron chi connectivity index (χ3n) is 3.72. The van der Waals surface area contributed by atoms with Gasteiger partial charge in [-0.2, -0.15) is 0 Å². The van der Waals surface area contributed by atoms with E-state index in [9.17, 15) is 9.90 Å². The molecule has 1 aliphatic rings. The van der Waals surface area contributed by atoms with Crippen LogP contribution in [0.3, 0.4) is 0 Å². The lowest BCUT2D eigenvalue weighted by Crippen LogP contribution is -2.49. The Morgan fingerprint density at radius 3 is 2.64 bits per heavy atom. The fourth-order valence-electron chi connectivity index (χ4n) is 2.78. The lowest BCUT2D eigenvalue weighted by Gasteiger charge is -2.26. The molecule has 22 heavy (non-hydrogen) atoms. The largest absolute Gasteiger partial charge is 0.392 e. The SMILES string of the molecule is CC(C)(C)NC(=O)NCC1CC(O)CN1Cc1ccccc1. The lowest BCUT2D eigenvalue weighted by molar-refractivity contribution is 0.172. The number of rotatable bonds is 4. The predicted octanol–water partition coefficient (Wildman–Crippen LogP) is 1.72. The number of carbonyl (C=O) groups excluding carboxylic acids is 1. The Hall–Kier alpha value is -1.59. The van der Waals surface area contributed by atoms with Gasteiger partial charge in [0.1, 0.15) is 0 Å². The Labute approximate surface area is 132 Å². The van der Waals surface area contributed by atoms with E-state index in [-0.39, 0.29) is 23.7 Å². The Bertz CT molecular complexity index is 484. The van der Waals surface area contributed by atoms with Gasteiger partial charge in [-0.3, -0.25) is 4.90 Å². The third-order valence-corrected chi connectivity index (χ3v) is 3.72. The first-order valence-electron chi connectivity index (χ1n) is 7.85. The van der Waals surface area contributed by atoms with Crippen molar-refractivity contribution >= 4 is 6.03 Å². The van der Waals surface area contributed by atoms with Crippen LogP contribution in [-0.2, 0) is 6.54 Å². The Kier molecular flexibility index (Phi) is 5.42. The number of amides is 2. The van der Waals surface area contributed by atoms with E-state index in [0.717, 1.165) is 6.54 Å². The van der Waals surface area contributed by atoms with Gasteiger partial charge in [-0.1, -0.05) is 30.3 Å². The average molecular weight is 305 g/mol. The van der Waals surface area contributed by atoms with Gasteiger partial charge in [-0.25, -0.2) is 4.79 Å². The molecule has 2 atom stereocenters. The Morgan fingerprint density at radius 2 is 2.00 bits per heavy atom. The summed E-state index contributed by atoms with van der Waals surface area (Å²) in [6, 6.07) is 10.2. The molecule has 5 nitrogen and oxygen atoms in total. The number of aliphatic hydroxyl groups is 1. The molecule has 1 aliphatic heterocycles. The third kappa shape index (κ3) is 5.31. The van der Waals surface area contributed by atoms with Gasteiger partial charge in [0.15, 0.2) is 0 Å². The van der Waals surface area contributed by atoms with E-state index in [2.05, 4.69) is 27.7 Å². The van der Waals surface area contributed by atoms with Crippen LogP contribution in [-0.4, -0.2) is 46.8 Å². The van der Waals surface area contributed by atoms with Crippen LogP contribution in [0.15, 0.2) is 30.3 Å². The van der Waals surface area contributed by atoms with Crippen molar-refractivity contribution in [1.29, 1.82) is 0 Å². The molecule has 0 spiro atoms. The maximum absolute atomic E-state index is 11.9. The molecule has 1 heterocycles. The summed E-state index contributed by atoms with van der Waals surface area (Å²) in [6.45, 7) is 7.86.